The fourth-order valence-electron chi connectivity index (χ4n) is 3.01. The predicted octanol–water partition coefficient (Wildman–Crippen LogP) is 4.78. The SMILES string of the molecule is CCn1cc(Cl)c(CNC(=O)/C=C/c2ccc(OC)c(COc3ccccc3C)c2)n1. The van der Waals surface area contributed by atoms with Crippen molar-refractivity contribution in [2.75, 3.05) is 7.11 Å². The van der Waals surface area contributed by atoms with Crippen LogP contribution in [-0.4, -0.2) is 22.8 Å². The molecule has 3 aromatic rings. The number of rotatable bonds is 9. The van der Waals surface area contributed by atoms with E-state index >= 15 is 0 Å². The lowest BCUT2D eigenvalue weighted by Gasteiger charge is -2.12. The fraction of sp³-hybridized carbons (Fsp3) is 0.250. The van der Waals surface area contributed by atoms with Crippen molar-refractivity contribution < 1.29 is 14.3 Å². The van der Waals surface area contributed by atoms with Crippen LogP contribution in [-0.2, 0) is 24.5 Å². The number of hydrogen-bond acceptors (Lipinski definition) is 4. The number of carbonyl (C=O) groups excluding carboxylic acids is 1. The van der Waals surface area contributed by atoms with Gasteiger partial charge in [0.25, 0.3) is 0 Å². The molecule has 0 radical (unpaired) electrons. The molecule has 0 aliphatic rings. The van der Waals surface area contributed by atoms with Gasteiger partial charge in [0.1, 0.15) is 23.8 Å². The standard InChI is InChI=1S/C24H26ClN3O3/c1-4-28-15-20(25)21(27-28)14-26-24(29)12-10-18-9-11-23(30-3)19(13-18)16-31-22-8-6-5-7-17(22)2/h5-13,15H,4,14,16H2,1-3H3,(H,26,29)/b12-10+. The maximum absolute atomic E-state index is 12.2. The molecule has 0 saturated heterocycles. The molecule has 0 aliphatic carbocycles. The van der Waals surface area contributed by atoms with Crippen molar-refractivity contribution in [1.82, 2.24) is 15.1 Å². The van der Waals surface area contributed by atoms with Crippen molar-refractivity contribution in [3.05, 3.63) is 82.1 Å². The summed E-state index contributed by atoms with van der Waals surface area (Å²) in [4.78, 5) is 12.2. The van der Waals surface area contributed by atoms with E-state index in [1.807, 2.05) is 56.3 Å². The topological polar surface area (TPSA) is 65.4 Å². The van der Waals surface area contributed by atoms with Gasteiger partial charge in [-0.2, -0.15) is 5.10 Å². The summed E-state index contributed by atoms with van der Waals surface area (Å²) < 4.78 is 13.1. The highest BCUT2D eigenvalue weighted by atomic mass is 35.5. The van der Waals surface area contributed by atoms with Gasteiger partial charge in [0, 0.05) is 24.4 Å². The van der Waals surface area contributed by atoms with E-state index in [-0.39, 0.29) is 12.5 Å². The number of methoxy groups -OCH3 is 1. The normalized spacial score (nSPS) is 11.0. The van der Waals surface area contributed by atoms with Crippen LogP contribution in [0.1, 0.15) is 29.3 Å². The highest BCUT2D eigenvalue weighted by Gasteiger charge is 2.08. The smallest absolute Gasteiger partial charge is 0.244 e. The molecule has 0 saturated carbocycles. The molecule has 0 aliphatic heterocycles. The monoisotopic (exact) mass is 439 g/mol. The lowest BCUT2D eigenvalue weighted by Crippen LogP contribution is -2.20. The second kappa shape index (κ2) is 10.7. The number of para-hydroxylation sites is 1. The molecular formula is C24H26ClN3O3. The third kappa shape index (κ3) is 6.12. The van der Waals surface area contributed by atoms with Crippen LogP contribution in [0.25, 0.3) is 6.08 Å². The van der Waals surface area contributed by atoms with Crippen LogP contribution in [0.3, 0.4) is 0 Å². The zero-order valence-electron chi connectivity index (χ0n) is 17.9. The summed E-state index contributed by atoms with van der Waals surface area (Å²) in [5, 5.41) is 7.66. The van der Waals surface area contributed by atoms with Crippen LogP contribution in [0, 0.1) is 6.92 Å². The summed E-state index contributed by atoms with van der Waals surface area (Å²) >= 11 is 6.13. The number of hydrogen-bond donors (Lipinski definition) is 1. The van der Waals surface area contributed by atoms with Crippen LogP contribution in [0.4, 0.5) is 0 Å². The molecule has 162 valence electrons. The van der Waals surface area contributed by atoms with Crippen LogP contribution < -0.4 is 14.8 Å². The summed E-state index contributed by atoms with van der Waals surface area (Å²) in [7, 11) is 1.63. The Morgan fingerprint density at radius 3 is 2.74 bits per heavy atom. The highest BCUT2D eigenvalue weighted by molar-refractivity contribution is 6.31. The molecule has 6 nitrogen and oxygen atoms in total. The number of nitrogens with one attached hydrogen (secondary N) is 1. The zero-order chi connectivity index (χ0) is 22.2. The molecule has 3 rings (SSSR count). The molecule has 0 atom stereocenters. The first-order valence-electron chi connectivity index (χ1n) is 10.0. The minimum atomic E-state index is -0.226. The molecule has 7 heteroatoms. The van der Waals surface area contributed by atoms with E-state index in [2.05, 4.69) is 10.4 Å². The molecule has 0 fully saturated rings. The van der Waals surface area contributed by atoms with Crippen molar-refractivity contribution >= 4 is 23.6 Å². The van der Waals surface area contributed by atoms with E-state index in [9.17, 15) is 4.79 Å². The maximum Gasteiger partial charge on any atom is 0.244 e. The van der Waals surface area contributed by atoms with Crippen LogP contribution >= 0.6 is 11.6 Å². The molecule has 2 aromatic carbocycles. The molecule has 1 heterocycles. The minimum absolute atomic E-state index is 0.226. The number of ether oxygens (including phenoxy) is 2. The van der Waals surface area contributed by atoms with E-state index in [0.717, 1.165) is 34.7 Å². The van der Waals surface area contributed by atoms with Crippen molar-refractivity contribution in [3.63, 3.8) is 0 Å². The summed E-state index contributed by atoms with van der Waals surface area (Å²) in [6, 6.07) is 13.6. The maximum atomic E-state index is 12.2. The van der Waals surface area contributed by atoms with Crippen LogP contribution in [0.2, 0.25) is 5.02 Å². The summed E-state index contributed by atoms with van der Waals surface area (Å²) in [5.41, 5.74) is 3.47. The summed E-state index contributed by atoms with van der Waals surface area (Å²) in [5.74, 6) is 1.33. The Bertz CT molecular complexity index is 1080. The Morgan fingerprint density at radius 2 is 2.03 bits per heavy atom. The van der Waals surface area contributed by atoms with Crippen molar-refractivity contribution in [2.24, 2.45) is 0 Å². The summed E-state index contributed by atoms with van der Waals surface area (Å²) in [6.07, 6.45) is 4.98. The van der Waals surface area contributed by atoms with Gasteiger partial charge in [-0.05, 0) is 49.2 Å². The van der Waals surface area contributed by atoms with Gasteiger partial charge >= 0.3 is 0 Å². The second-order valence-corrected chi connectivity index (χ2v) is 7.36. The van der Waals surface area contributed by atoms with Crippen molar-refractivity contribution in [3.8, 4) is 11.5 Å². The van der Waals surface area contributed by atoms with Crippen molar-refractivity contribution in [2.45, 2.75) is 33.5 Å². The van der Waals surface area contributed by atoms with E-state index in [0.29, 0.717) is 17.3 Å². The minimum Gasteiger partial charge on any atom is -0.496 e. The number of amides is 1. The van der Waals surface area contributed by atoms with Gasteiger partial charge in [0.15, 0.2) is 0 Å². The summed E-state index contributed by atoms with van der Waals surface area (Å²) in [6.45, 7) is 5.34. The average molecular weight is 440 g/mol. The van der Waals surface area contributed by atoms with Gasteiger partial charge in [0.2, 0.25) is 5.91 Å². The van der Waals surface area contributed by atoms with E-state index in [1.54, 1.807) is 24.1 Å². The van der Waals surface area contributed by atoms with Gasteiger partial charge in [-0.1, -0.05) is 35.9 Å². The average Bonchev–Trinajstić information content (AvgIpc) is 3.15. The fourth-order valence-corrected chi connectivity index (χ4v) is 3.23. The zero-order valence-corrected chi connectivity index (χ0v) is 18.6. The first kappa shape index (κ1) is 22.4. The molecule has 31 heavy (non-hydrogen) atoms. The number of aryl methyl sites for hydroxylation is 2. The Morgan fingerprint density at radius 1 is 1.23 bits per heavy atom. The quantitative estimate of drug-likeness (QED) is 0.487. The molecule has 0 spiro atoms. The van der Waals surface area contributed by atoms with Gasteiger partial charge in [-0.3, -0.25) is 9.48 Å². The lowest BCUT2D eigenvalue weighted by molar-refractivity contribution is -0.116. The Balaban J connectivity index is 1.63. The van der Waals surface area contributed by atoms with Gasteiger partial charge < -0.3 is 14.8 Å². The first-order valence-corrected chi connectivity index (χ1v) is 10.4. The first-order chi connectivity index (χ1) is 15.0. The van der Waals surface area contributed by atoms with Crippen LogP contribution in [0.5, 0.6) is 11.5 Å². The van der Waals surface area contributed by atoms with Gasteiger partial charge in [0.05, 0.1) is 18.7 Å². The largest absolute Gasteiger partial charge is 0.496 e. The molecule has 1 amide bonds. The van der Waals surface area contributed by atoms with Gasteiger partial charge in [-0.25, -0.2) is 0 Å². The van der Waals surface area contributed by atoms with E-state index in [1.165, 1.54) is 6.08 Å². The molecular weight excluding hydrogens is 414 g/mol. The molecule has 1 N–H and O–H groups in total. The van der Waals surface area contributed by atoms with Crippen molar-refractivity contribution in [1.29, 1.82) is 0 Å². The number of carbonyl (C=O) groups is 1. The Kier molecular flexibility index (Phi) is 7.73. The second-order valence-electron chi connectivity index (χ2n) is 6.96. The molecule has 1 aromatic heterocycles. The Labute approximate surface area is 187 Å². The third-order valence-corrected chi connectivity index (χ3v) is 5.07. The van der Waals surface area contributed by atoms with Crippen LogP contribution in [0.15, 0.2) is 54.7 Å². The number of nitrogens with zero attached hydrogens (tertiary/aromatic N) is 2. The third-order valence-electron chi connectivity index (χ3n) is 4.75. The van der Waals surface area contributed by atoms with E-state index < -0.39 is 0 Å². The highest BCUT2D eigenvalue weighted by Crippen LogP contribution is 2.24. The predicted molar refractivity (Wildman–Crippen MR) is 122 cm³/mol. The Hall–Kier alpha value is -3.25. The molecule has 0 bridgehead atoms. The molecule has 0 unspecified atom stereocenters. The number of benzene rings is 2. The van der Waals surface area contributed by atoms with E-state index in [4.69, 9.17) is 21.1 Å². The van der Waals surface area contributed by atoms with Gasteiger partial charge in [-0.15, -0.1) is 0 Å². The lowest BCUT2D eigenvalue weighted by atomic mass is 10.1. The number of halogens is 1. The number of aromatic nitrogens is 2.